The first-order chi connectivity index (χ1) is 7.95. The van der Waals surface area contributed by atoms with Crippen LogP contribution in [0, 0.1) is 0 Å². The number of hydrogen-bond acceptors (Lipinski definition) is 3. The lowest BCUT2D eigenvalue weighted by molar-refractivity contribution is 0.0906. The molecule has 0 saturated heterocycles. The molecule has 1 atom stereocenters. The van der Waals surface area contributed by atoms with Gasteiger partial charge in [0.25, 0.3) is 5.91 Å². The zero-order valence-corrected chi connectivity index (χ0v) is 10.4. The summed E-state index contributed by atoms with van der Waals surface area (Å²) in [6.07, 6.45) is 1.67. The Morgan fingerprint density at radius 3 is 2.65 bits per heavy atom. The molecule has 2 N–H and O–H groups in total. The van der Waals surface area contributed by atoms with Crippen LogP contribution in [0.25, 0.3) is 0 Å². The van der Waals surface area contributed by atoms with Gasteiger partial charge in [0.2, 0.25) is 0 Å². The molecular formula is C12H18N2O3. The van der Waals surface area contributed by atoms with E-state index in [9.17, 15) is 14.7 Å². The van der Waals surface area contributed by atoms with Gasteiger partial charge in [-0.05, 0) is 19.4 Å². The fraction of sp³-hybridized carbons (Fsp3) is 0.500. The smallest absolute Gasteiger partial charge is 0.268 e. The van der Waals surface area contributed by atoms with E-state index in [0.29, 0.717) is 17.7 Å². The standard InChI is InChI=1S/C12H18N2O3/c1-4-10(16)6-13-12(17)11-5-9(8(2)15)7-14(11)3/h5,7,10,16H,4,6H2,1-3H3,(H,13,17). The summed E-state index contributed by atoms with van der Waals surface area (Å²) in [7, 11) is 1.71. The van der Waals surface area contributed by atoms with Crippen LogP contribution in [0.15, 0.2) is 12.3 Å². The zero-order valence-electron chi connectivity index (χ0n) is 10.4. The fourth-order valence-corrected chi connectivity index (χ4v) is 1.43. The molecule has 0 fully saturated rings. The molecule has 1 heterocycles. The molecule has 1 amide bonds. The summed E-state index contributed by atoms with van der Waals surface area (Å²) in [4.78, 5) is 22.9. The summed E-state index contributed by atoms with van der Waals surface area (Å²) in [5.41, 5.74) is 0.923. The quantitative estimate of drug-likeness (QED) is 0.743. The third kappa shape index (κ3) is 3.42. The van der Waals surface area contributed by atoms with E-state index in [1.165, 1.54) is 6.92 Å². The van der Waals surface area contributed by atoms with Crippen LogP contribution in [0.5, 0.6) is 0 Å². The van der Waals surface area contributed by atoms with Crippen molar-refractivity contribution in [1.29, 1.82) is 0 Å². The minimum absolute atomic E-state index is 0.0757. The largest absolute Gasteiger partial charge is 0.391 e. The topological polar surface area (TPSA) is 71.3 Å². The fourth-order valence-electron chi connectivity index (χ4n) is 1.43. The average molecular weight is 238 g/mol. The summed E-state index contributed by atoms with van der Waals surface area (Å²) in [5, 5.41) is 12.0. The Bertz CT molecular complexity index is 423. The number of amides is 1. The van der Waals surface area contributed by atoms with Gasteiger partial charge in [-0.3, -0.25) is 9.59 Å². The Labute approximate surface area is 100 Å². The summed E-state index contributed by atoms with van der Waals surface area (Å²) in [6, 6.07) is 1.55. The van der Waals surface area contributed by atoms with E-state index < -0.39 is 6.10 Å². The Balaban J connectivity index is 2.72. The van der Waals surface area contributed by atoms with E-state index in [1.807, 2.05) is 6.92 Å². The van der Waals surface area contributed by atoms with Gasteiger partial charge in [-0.15, -0.1) is 0 Å². The maximum absolute atomic E-state index is 11.8. The predicted molar refractivity (Wildman–Crippen MR) is 64.0 cm³/mol. The van der Waals surface area contributed by atoms with Crippen molar-refractivity contribution >= 4 is 11.7 Å². The van der Waals surface area contributed by atoms with Gasteiger partial charge < -0.3 is 15.0 Å². The van der Waals surface area contributed by atoms with Gasteiger partial charge in [0, 0.05) is 25.4 Å². The predicted octanol–water partition coefficient (Wildman–Crippen LogP) is 0.728. The van der Waals surface area contributed by atoms with Crippen LogP contribution in [-0.4, -0.2) is 34.0 Å². The molecule has 17 heavy (non-hydrogen) atoms. The number of aliphatic hydroxyl groups excluding tert-OH is 1. The first kappa shape index (κ1) is 13.4. The average Bonchev–Trinajstić information content (AvgIpc) is 2.68. The van der Waals surface area contributed by atoms with Crippen molar-refractivity contribution < 1.29 is 14.7 Å². The minimum atomic E-state index is -0.536. The van der Waals surface area contributed by atoms with Crippen molar-refractivity contribution in [2.45, 2.75) is 26.4 Å². The zero-order chi connectivity index (χ0) is 13.0. The van der Waals surface area contributed by atoms with Crippen LogP contribution in [0.1, 0.15) is 41.1 Å². The molecule has 5 nitrogen and oxygen atoms in total. The van der Waals surface area contributed by atoms with Gasteiger partial charge >= 0.3 is 0 Å². The normalized spacial score (nSPS) is 12.2. The molecule has 0 aliphatic rings. The number of rotatable bonds is 5. The molecule has 94 valence electrons. The van der Waals surface area contributed by atoms with E-state index >= 15 is 0 Å². The van der Waals surface area contributed by atoms with Crippen LogP contribution in [0.3, 0.4) is 0 Å². The summed E-state index contributed by atoms with van der Waals surface area (Å²) >= 11 is 0. The number of ketones is 1. The van der Waals surface area contributed by atoms with Gasteiger partial charge in [0.1, 0.15) is 5.69 Å². The van der Waals surface area contributed by atoms with E-state index in [0.717, 1.165) is 0 Å². The van der Waals surface area contributed by atoms with E-state index in [-0.39, 0.29) is 18.2 Å². The highest BCUT2D eigenvalue weighted by Gasteiger charge is 2.14. The van der Waals surface area contributed by atoms with Crippen LogP contribution in [-0.2, 0) is 7.05 Å². The van der Waals surface area contributed by atoms with E-state index in [2.05, 4.69) is 5.32 Å². The lowest BCUT2D eigenvalue weighted by atomic mass is 10.2. The van der Waals surface area contributed by atoms with Crippen LogP contribution in [0.2, 0.25) is 0 Å². The Morgan fingerprint density at radius 2 is 2.18 bits per heavy atom. The maximum atomic E-state index is 11.8. The summed E-state index contributed by atoms with van der Waals surface area (Å²) < 4.78 is 1.60. The van der Waals surface area contributed by atoms with Crippen molar-refractivity contribution in [3.05, 3.63) is 23.5 Å². The number of aromatic nitrogens is 1. The molecule has 0 aromatic carbocycles. The Hall–Kier alpha value is -1.62. The molecule has 1 unspecified atom stereocenters. The van der Waals surface area contributed by atoms with Gasteiger partial charge in [0.05, 0.1) is 6.10 Å². The summed E-state index contributed by atoms with van der Waals surface area (Å²) in [5.74, 6) is -0.360. The molecule has 0 spiro atoms. The van der Waals surface area contributed by atoms with Gasteiger partial charge in [-0.25, -0.2) is 0 Å². The highest BCUT2D eigenvalue weighted by atomic mass is 16.3. The van der Waals surface area contributed by atoms with Crippen LogP contribution >= 0.6 is 0 Å². The second-order valence-electron chi connectivity index (χ2n) is 4.05. The molecule has 0 radical (unpaired) electrons. The molecular weight excluding hydrogens is 220 g/mol. The van der Waals surface area contributed by atoms with Crippen LogP contribution in [0.4, 0.5) is 0 Å². The molecule has 0 aliphatic carbocycles. The number of aliphatic hydroxyl groups is 1. The highest BCUT2D eigenvalue weighted by molar-refractivity contribution is 5.99. The molecule has 1 rings (SSSR count). The van der Waals surface area contributed by atoms with Crippen molar-refractivity contribution in [2.24, 2.45) is 7.05 Å². The summed E-state index contributed by atoms with van der Waals surface area (Å²) in [6.45, 7) is 3.51. The molecule has 0 bridgehead atoms. The van der Waals surface area contributed by atoms with Crippen molar-refractivity contribution in [1.82, 2.24) is 9.88 Å². The Kier molecular flexibility index (Phi) is 4.45. The monoisotopic (exact) mass is 238 g/mol. The third-order valence-electron chi connectivity index (χ3n) is 2.61. The first-order valence-electron chi connectivity index (χ1n) is 5.59. The Morgan fingerprint density at radius 1 is 1.53 bits per heavy atom. The van der Waals surface area contributed by atoms with Crippen molar-refractivity contribution in [3.8, 4) is 0 Å². The van der Waals surface area contributed by atoms with Crippen molar-refractivity contribution in [2.75, 3.05) is 6.54 Å². The van der Waals surface area contributed by atoms with E-state index in [4.69, 9.17) is 0 Å². The molecule has 5 heteroatoms. The van der Waals surface area contributed by atoms with Gasteiger partial charge in [-0.1, -0.05) is 6.92 Å². The number of nitrogens with zero attached hydrogens (tertiary/aromatic N) is 1. The number of hydrogen-bond donors (Lipinski definition) is 2. The van der Waals surface area contributed by atoms with Gasteiger partial charge in [0.15, 0.2) is 5.78 Å². The lowest BCUT2D eigenvalue weighted by Crippen LogP contribution is -2.32. The van der Waals surface area contributed by atoms with Crippen LogP contribution < -0.4 is 5.32 Å². The minimum Gasteiger partial charge on any atom is -0.391 e. The molecule has 0 aliphatic heterocycles. The first-order valence-corrected chi connectivity index (χ1v) is 5.59. The number of nitrogens with one attached hydrogen (secondary N) is 1. The molecule has 0 saturated carbocycles. The number of carbonyl (C=O) groups excluding carboxylic acids is 2. The SMILES string of the molecule is CCC(O)CNC(=O)c1cc(C(C)=O)cn1C. The van der Waals surface area contributed by atoms with Gasteiger partial charge in [-0.2, -0.15) is 0 Å². The second-order valence-corrected chi connectivity index (χ2v) is 4.05. The second kappa shape index (κ2) is 5.63. The highest BCUT2D eigenvalue weighted by Crippen LogP contribution is 2.08. The number of Topliss-reactive ketones (excluding diaryl/α,β-unsaturated/α-hetero) is 1. The third-order valence-corrected chi connectivity index (χ3v) is 2.61. The number of carbonyl (C=O) groups is 2. The van der Waals surface area contributed by atoms with Crippen molar-refractivity contribution in [3.63, 3.8) is 0 Å². The van der Waals surface area contributed by atoms with E-state index in [1.54, 1.807) is 23.9 Å². The maximum Gasteiger partial charge on any atom is 0.268 e. The number of aryl methyl sites for hydroxylation is 1. The molecule has 1 aromatic heterocycles. The lowest BCUT2D eigenvalue weighted by Gasteiger charge is -2.09. The molecule has 1 aromatic rings.